The Morgan fingerprint density at radius 2 is 2.18 bits per heavy atom. The third-order valence-corrected chi connectivity index (χ3v) is 5.89. The number of likely N-dealkylation sites (N-methyl/N-ethyl adjacent to an activating group) is 1. The minimum atomic E-state index is -3.87. The quantitative estimate of drug-likeness (QED) is 0.846. The molecule has 1 aliphatic heterocycles. The fourth-order valence-electron chi connectivity index (χ4n) is 1.99. The van der Waals surface area contributed by atoms with Crippen LogP contribution in [0.4, 0.5) is 5.82 Å². The number of aromatic nitrogens is 2. The van der Waals surface area contributed by atoms with Gasteiger partial charge in [-0.3, -0.25) is 14.1 Å². The molecule has 0 aliphatic carbocycles. The maximum absolute atomic E-state index is 12.4. The third kappa shape index (κ3) is 2.12. The molecule has 0 bridgehead atoms. The van der Waals surface area contributed by atoms with Crippen LogP contribution < -0.4 is 5.32 Å². The maximum Gasteiger partial charge on any atom is 0.278 e. The van der Waals surface area contributed by atoms with Crippen LogP contribution in [0, 0.1) is 0 Å². The Morgan fingerprint density at radius 1 is 1.41 bits per heavy atom. The highest BCUT2D eigenvalue weighted by Crippen LogP contribution is 2.38. The van der Waals surface area contributed by atoms with E-state index in [0.29, 0.717) is 0 Å². The lowest BCUT2D eigenvalue weighted by Crippen LogP contribution is -2.36. The highest BCUT2D eigenvalue weighted by molar-refractivity contribution is 7.89. The van der Waals surface area contributed by atoms with E-state index < -0.39 is 15.9 Å². The van der Waals surface area contributed by atoms with E-state index in [1.807, 2.05) is 0 Å². The predicted octanol–water partition coefficient (Wildman–Crippen LogP) is 1.04. The molecule has 0 aromatic carbocycles. The van der Waals surface area contributed by atoms with Gasteiger partial charge in [-0.25, -0.2) is 13.4 Å². The van der Waals surface area contributed by atoms with Gasteiger partial charge in [-0.2, -0.15) is 0 Å². The molecule has 22 heavy (non-hydrogen) atoms. The molecule has 0 unspecified atom stereocenters. The molecule has 2 aromatic rings. The molecule has 3 rings (SSSR count). The zero-order valence-electron chi connectivity index (χ0n) is 11.2. The van der Waals surface area contributed by atoms with E-state index in [-0.39, 0.29) is 27.0 Å². The first-order chi connectivity index (χ1) is 10.4. The van der Waals surface area contributed by atoms with Crippen LogP contribution in [0.5, 0.6) is 0 Å². The summed E-state index contributed by atoms with van der Waals surface area (Å²) in [5, 5.41) is 14.2. The molecule has 10 heteroatoms. The van der Waals surface area contributed by atoms with Crippen LogP contribution in [-0.2, 0) is 14.8 Å². The van der Waals surface area contributed by atoms with Gasteiger partial charge in [0.2, 0.25) is 0 Å². The van der Waals surface area contributed by atoms with E-state index >= 15 is 0 Å². The smallest absolute Gasteiger partial charge is 0.278 e. The van der Waals surface area contributed by atoms with Gasteiger partial charge < -0.3 is 10.4 Å². The molecule has 0 spiro atoms. The molecule has 0 saturated carbocycles. The summed E-state index contributed by atoms with van der Waals surface area (Å²) in [5.41, 5.74) is -0.361. The normalized spacial score (nSPS) is 16.3. The summed E-state index contributed by atoms with van der Waals surface area (Å²) in [6.07, 6.45) is 4.12. The van der Waals surface area contributed by atoms with Crippen molar-refractivity contribution in [3.05, 3.63) is 40.6 Å². The summed E-state index contributed by atoms with van der Waals surface area (Å²) in [7, 11) is -2.66. The van der Waals surface area contributed by atoms with Gasteiger partial charge in [-0.15, -0.1) is 11.3 Å². The van der Waals surface area contributed by atoms with Crippen LogP contribution in [0.2, 0.25) is 0 Å². The second kappa shape index (κ2) is 5.07. The van der Waals surface area contributed by atoms with E-state index in [9.17, 15) is 18.3 Å². The Labute approximate surface area is 129 Å². The standard InChI is InChI=1S/C12H10N4O4S2/c1-16-9(12(18)15-8-6-13-3-4-14-8)10(17)11-7(2-5-21-11)22(16,19)20/h2-6,17H,1H3,(H,14,15,18). The van der Waals surface area contributed by atoms with Crippen molar-refractivity contribution in [2.75, 3.05) is 12.4 Å². The lowest BCUT2D eigenvalue weighted by atomic mass is 10.3. The number of nitrogens with zero attached hydrogens (tertiary/aromatic N) is 3. The SMILES string of the molecule is CN1C(C(=O)Nc2cnccn2)=C(O)c2sccc2S1(=O)=O. The molecule has 1 amide bonds. The van der Waals surface area contributed by atoms with Crippen LogP contribution in [0.25, 0.3) is 5.76 Å². The van der Waals surface area contributed by atoms with Gasteiger partial charge in [0.05, 0.1) is 11.1 Å². The molecule has 8 nitrogen and oxygen atoms in total. The lowest BCUT2D eigenvalue weighted by Gasteiger charge is -2.26. The van der Waals surface area contributed by atoms with Crippen molar-refractivity contribution < 1.29 is 18.3 Å². The fraction of sp³-hybridized carbons (Fsp3) is 0.0833. The number of rotatable bonds is 2. The van der Waals surface area contributed by atoms with Crippen molar-refractivity contribution in [1.29, 1.82) is 0 Å². The first-order valence-electron chi connectivity index (χ1n) is 6.00. The number of nitrogens with one attached hydrogen (secondary N) is 1. The number of hydrogen-bond donors (Lipinski definition) is 2. The number of aliphatic hydroxyl groups is 1. The van der Waals surface area contributed by atoms with Gasteiger partial charge in [-0.05, 0) is 11.4 Å². The van der Waals surface area contributed by atoms with Crippen LogP contribution in [-0.4, -0.2) is 40.8 Å². The highest BCUT2D eigenvalue weighted by atomic mass is 32.2. The first kappa shape index (κ1) is 14.5. The van der Waals surface area contributed by atoms with Gasteiger partial charge in [-0.1, -0.05) is 0 Å². The lowest BCUT2D eigenvalue weighted by molar-refractivity contribution is -0.113. The van der Waals surface area contributed by atoms with Crippen LogP contribution in [0.3, 0.4) is 0 Å². The number of hydrogen-bond acceptors (Lipinski definition) is 7. The van der Waals surface area contributed by atoms with Crippen molar-refractivity contribution in [3.8, 4) is 0 Å². The van der Waals surface area contributed by atoms with Gasteiger partial charge >= 0.3 is 0 Å². The summed E-state index contributed by atoms with van der Waals surface area (Å²) in [6.45, 7) is 0. The summed E-state index contributed by atoms with van der Waals surface area (Å²) in [5.74, 6) is -1.03. The Morgan fingerprint density at radius 3 is 2.86 bits per heavy atom. The minimum absolute atomic E-state index is 0.0199. The second-order valence-electron chi connectivity index (χ2n) is 4.33. The van der Waals surface area contributed by atoms with E-state index in [2.05, 4.69) is 15.3 Å². The number of fused-ring (bicyclic) bond motifs is 1. The average Bonchev–Trinajstić information content (AvgIpc) is 2.97. The molecule has 114 valence electrons. The molecule has 0 atom stereocenters. The van der Waals surface area contributed by atoms with Gasteiger partial charge in [0.15, 0.2) is 17.3 Å². The van der Waals surface area contributed by atoms with Crippen molar-refractivity contribution in [3.63, 3.8) is 0 Å². The molecule has 3 heterocycles. The molecule has 2 aromatic heterocycles. The molecular formula is C12H10N4O4S2. The van der Waals surface area contributed by atoms with E-state index in [0.717, 1.165) is 15.6 Å². The zero-order chi connectivity index (χ0) is 15.9. The van der Waals surface area contributed by atoms with Gasteiger partial charge in [0.25, 0.3) is 15.9 Å². The summed E-state index contributed by atoms with van der Waals surface area (Å²) >= 11 is 1.04. The maximum atomic E-state index is 12.4. The van der Waals surface area contributed by atoms with Gasteiger partial charge in [0.1, 0.15) is 4.90 Å². The largest absolute Gasteiger partial charge is 0.504 e. The monoisotopic (exact) mass is 338 g/mol. The number of thiophene rings is 1. The molecule has 0 saturated heterocycles. The molecule has 0 fully saturated rings. The van der Waals surface area contributed by atoms with Crippen molar-refractivity contribution in [1.82, 2.24) is 14.3 Å². The van der Waals surface area contributed by atoms with E-state index in [1.54, 1.807) is 0 Å². The summed E-state index contributed by atoms with van der Waals surface area (Å²) in [6, 6.07) is 1.39. The number of aliphatic hydroxyl groups excluding tert-OH is 1. The van der Waals surface area contributed by atoms with E-state index in [4.69, 9.17) is 0 Å². The third-order valence-electron chi connectivity index (χ3n) is 3.04. The Balaban J connectivity index is 2.06. The number of anilines is 1. The first-order valence-corrected chi connectivity index (χ1v) is 8.32. The second-order valence-corrected chi connectivity index (χ2v) is 7.18. The average molecular weight is 338 g/mol. The fourth-order valence-corrected chi connectivity index (χ4v) is 4.54. The number of amides is 1. The number of sulfonamides is 1. The molecular weight excluding hydrogens is 328 g/mol. The molecule has 2 N–H and O–H groups in total. The zero-order valence-corrected chi connectivity index (χ0v) is 12.8. The van der Waals surface area contributed by atoms with Crippen LogP contribution in [0.15, 0.2) is 40.6 Å². The highest BCUT2D eigenvalue weighted by Gasteiger charge is 2.38. The molecule has 0 radical (unpaired) electrons. The summed E-state index contributed by atoms with van der Waals surface area (Å²) < 4.78 is 25.5. The van der Waals surface area contributed by atoms with E-state index in [1.165, 1.54) is 37.1 Å². The summed E-state index contributed by atoms with van der Waals surface area (Å²) in [4.78, 5) is 20.1. The topological polar surface area (TPSA) is 112 Å². The van der Waals surface area contributed by atoms with Crippen LogP contribution in [0.1, 0.15) is 4.88 Å². The Bertz CT molecular complexity index is 874. The number of carbonyl (C=O) groups excluding carboxylic acids is 1. The van der Waals surface area contributed by atoms with Gasteiger partial charge in [0, 0.05) is 19.4 Å². The predicted molar refractivity (Wildman–Crippen MR) is 79.5 cm³/mol. The molecule has 1 aliphatic rings. The van der Waals surface area contributed by atoms with Crippen molar-refractivity contribution in [2.24, 2.45) is 0 Å². The Hall–Kier alpha value is -2.46. The van der Waals surface area contributed by atoms with Crippen molar-refractivity contribution in [2.45, 2.75) is 4.90 Å². The minimum Gasteiger partial charge on any atom is -0.504 e. The number of carbonyl (C=O) groups is 1. The Kier molecular flexibility index (Phi) is 3.34. The van der Waals surface area contributed by atoms with Crippen LogP contribution >= 0.6 is 11.3 Å². The van der Waals surface area contributed by atoms with Crippen molar-refractivity contribution >= 4 is 38.8 Å².